The molecule has 0 aliphatic carbocycles. The summed E-state index contributed by atoms with van der Waals surface area (Å²) in [4.78, 5) is 32.0. The van der Waals surface area contributed by atoms with Gasteiger partial charge in [-0.25, -0.2) is 4.39 Å². The van der Waals surface area contributed by atoms with Gasteiger partial charge in [0.15, 0.2) is 22.9 Å². The molecule has 2 aromatic carbocycles. The normalized spacial score (nSPS) is 15.8. The standard InChI is InChI=1S/C25H15Cl2FN2O5/c1-34-19-10-14(26)8-13-9-18(35-24(13)19)22(31)20-21(12-4-6-29-7-5-12)30(25(33)23(20)32)15-2-3-17(28)16(27)11-15/h2-11,21,32H,1H3. The van der Waals surface area contributed by atoms with Gasteiger partial charge in [0, 0.05) is 34.6 Å². The molecule has 1 aliphatic heterocycles. The van der Waals surface area contributed by atoms with Crippen molar-refractivity contribution < 1.29 is 28.2 Å². The molecular weight excluding hydrogens is 498 g/mol. The predicted molar refractivity (Wildman–Crippen MR) is 128 cm³/mol. The molecule has 0 saturated heterocycles. The minimum Gasteiger partial charge on any atom is -0.503 e. The minimum atomic E-state index is -1.06. The third-order valence-electron chi connectivity index (χ3n) is 5.65. The number of amides is 1. The third kappa shape index (κ3) is 3.80. The average Bonchev–Trinajstić information content (AvgIpc) is 3.39. The van der Waals surface area contributed by atoms with Crippen LogP contribution in [0.5, 0.6) is 5.75 Å². The average molecular weight is 513 g/mol. The number of Topliss-reactive ketones (excluding diaryl/α,β-unsaturated/α-hetero) is 1. The number of methoxy groups -OCH3 is 1. The van der Waals surface area contributed by atoms with Gasteiger partial charge < -0.3 is 14.3 Å². The minimum absolute atomic E-state index is 0.132. The van der Waals surface area contributed by atoms with Crippen LogP contribution in [0.4, 0.5) is 10.1 Å². The number of benzene rings is 2. The molecule has 1 unspecified atom stereocenters. The van der Waals surface area contributed by atoms with E-state index in [4.69, 9.17) is 32.4 Å². The maximum atomic E-state index is 13.8. The summed E-state index contributed by atoms with van der Waals surface area (Å²) in [5.74, 6) is -2.82. The Morgan fingerprint density at radius 1 is 1.14 bits per heavy atom. The number of aromatic nitrogens is 1. The number of fused-ring (bicyclic) bond motifs is 1. The van der Waals surface area contributed by atoms with Crippen LogP contribution in [0.2, 0.25) is 10.0 Å². The fourth-order valence-corrected chi connectivity index (χ4v) is 4.47. The first-order valence-electron chi connectivity index (χ1n) is 10.2. The van der Waals surface area contributed by atoms with Gasteiger partial charge in [0.05, 0.1) is 23.7 Å². The van der Waals surface area contributed by atoms with Crippen molar-refractivity contribution in [2.24, 2.45) is 0 Å². The molecule has 2 aromatic heterocycles. The Balaban J connectivity index is 1.66. The van der Waals surface area contributed by atoms with Crippen LogP contribution < -0.4 is 9.64 Å². The number of hydrogen-bond acceptors (Lipinski definition) is 6. The van der Waals surface area contributed by atoms with E-state index < -0.39 is 29.3 Å². The molecule has 10 heteroatoms. The van der Waals surface area contributed by atoms with E-state index in [0.29, 0.717) is 21.7 Å². The molecule has 1 N–H and O–H groups in total. The van der Waals surface area contributed by atoms with Crippen molar-refractivity contribution in [3.8, 4) is 5.75 Å². The number of nitrogens with zero attached hydrogens (tertiary/aromatic N) is 2. The Morgan fingerprint density at radius 3 is 2.57 bits per heavy atom. The molecule has 7 nitrogen and oxygen atoms in total. The summed E-state index contributed by atoms with van der Waals surface area (Å²) >= 11 is 12.1. The van der Waals surface area contributed by atoms with E-state index >= 15 is 0 Å². The van der Waals surface area contributed by atoms with Crippen LogP contribution >= 0.6 is 23.2 Å². The van der Waals surface area contributed by atoms with Gasteiger partial charge in [0.2, 0.25) is 5.78 Å². The fraction of sp³-hybridized carbons (Fsp3) is 0.0800. The van der Waals surface area contributed by atoms with E-state index in [-0.39, 0.29) is 27.6 Å². The maximum absolute atomic E-state index is 13.8. The maximum Gasteiger partial charge on any atom is 0.294 e. The van der Waals surface area contributed by atoms with Gasteiger partial charge in [0.1, 0.15) is 5.82 Å². The van der Waals surface area contributed by atoms with Crippen molar-refractivity contribution in [3.05, 3.63) is 99.4 Å². The lowest BCUT2D eigenvalue weighted by Crippen LogP contribution is -2.31. The number of ketones is 1. The molecule has 35 heavy (non-hydrogen) atoms. The van der Waals surface area contributed by atoms with Crippen molar-refractivity contribution in [3.63, 3.8) is 0 Å². The molecule has 4 aromatic rings. The molecule has 176 valence electrons. The highest BCUT2D eigenvalue weighted by atomic mass is 35.5. The van der Waals surface area contributed by atoms with Crippen molar-refractivity contribution in [1.82, 2.24) is 4.98 Å². The molecule has 0 spiro atoms. The fourth-order valence-electron chi connectivity index (χ4n) is 4.08. The van der Waals surface area contributed by atoms with Crippen molar-refractivity contribution in [2.75, 3.05) is 12.0 Å². The number of carbonyl (C=O) groups excluding carboxylic acids is 2. The molecular formula is C25H15Cl2FN2O5. The van der Waals surface area contributed by atoms with E-state index in [9.17, 15) is 19.1 Å². The van der Waals surface area contributed by atoms with Crippen LogP contribution in [-0.2, 0) is 4.79 Å². The van der Waals surface area contributed by atoms with E-state index in [1.807, 2.05) is 0 Å². The van der Waals surface area contributed by atoms with Gasteiger partial charge in [-0.1, -0.05) is 23.2 Å². The Labute approximate surface area is 207 Å². The summed E-state index contributed by atoms with van der Waals surface area (Å²) in [5.41, 5.74) is 0.742. The van der Waals surface area contributed by atoms with Crippen molar-refractivity contribution >= 4 is 51.5 Å². The molecule has 1 atom stereocenters. The summed E-state index contributed by atoms with van der Waals surface area (Å²) in [7, 11) is 1.43. The zero-order chi connectivity index (χ0) is 24.9. The molecule has 5 rings (SSSR count). The molecule has 1 amide bonds. The van der Waals surface area contributed by atoms with E-state index in [0.717, 1.165) is 6.07 Å². The first-order valence-corrected chi connectivity index (χ1v) is 11.0. The lowest BCUT2D eigenvalue weighted by Gasteiger charge is -2.26. The number of pyridine rings is 1. The lowest BCUT2D eigenvalue weighted by molar-refractivity contribution is -0.117. The number of anilines is 1. The molecule has 0 fully saturated rings. The zero-order valence-electron chi connectivity index (χ0n) is 18.0. The lowest BCUT2D eigenvalue weighted by atomic mass is 9.95. The van der Waals surface area contributed by atoms with Gasteiger partial charge >= 0.3 is 0 Å². The second-order valence-corrected chi connectivity index (χ2v) is 8.53. The number of rotatable bonds is 5. The first kappa shape index (κ1) is 22.9. The third-order valence-corrected chi connectivity index (χ3v) is 6.15. The summed E-state index contributed by atoms with van der Waals surface area (Å²) < 4.78 is 24.9. The number of hydrogen-bond donors (Lipinski definition) is 1. The second kappa shape index (κ2) is 8.72. The summed E-state index contributed by atoms with van der Waals surface area (Å²) in [6.07, 6.45) is 2.97. The highest BCUT2D eigenvalue weighted by molar-refractivity contribution is 6.32. The van der Waals surface area contributed by atoms with Gasteiger partial charge in [-0.15, -0.1) is 0 Å². The van der Waals surface area contributed by atoms with Crippen LogP contribution in [0, 0.1) is 5.82 Å². The molecule has 0 bridgehead atoms. The van der Waals surface area contributed by atoms with Crippen molar-refractivity contribution in [1.29, 1.82) is 0 Å². The van der Waals surface area contributed by atoms with Gasteiger partial charge in [0.25, 0.3) is 5.91 Å². The largest absolute Gasteiger partial charge is 0.503 e. The number of halogens is 3. The number of furan rings is 1. The van der Waals surface area contributed by atoms with Gasteiger partial charge in [-0.2, -0.15) is 0 Å². The van der Waals surface area contributed by atoms with E-state index in [1.54, 1.807) is 18.2 Å². The van der Waals surface area contributed by atoms with Crippen LogP contribution in [0.15, 0.2) is 76.7 Å². The Hall–Kier alpha value is -3.88. The van der Waals surface area contributed by atoms with Crippen LogP contribution in [-0.4, -0.2) is 28.9 Å². The van der Waals surface area contributed by atoms with Gasteiger partial charge in [-0.3, -0.25) is 19.5 Å². The highest BCUT2D eigenvalue weighted by Gasteiger charge is 2.45. The number of ether oxygens (including phenoxy) is 1. The Kier molecular flexibility index (Phi) is 5.70. The highest BCUT2D eigenvalue weighted by Crippen LogP contribution is 2.43. The van der Waals surface area contributed by atoms with Crippen LogP contribution in [0.25, 0.3) is 11.0 Å². The smallest absolute Gasteiger partial charge is 0.294 e. The first-order chi connectivity index (χ1) is 16.8. The summed E-state index contributed by atoms with van der Waals surface area (Å²) in [6.45, 7) is 0. The number of carbonyl (C=O) groups is 2. The van der Waals surface area contributed by atoms with E-state index in [1.165, 1.54) is 48.7 Å². The monoisotopic (exact) mass is 512 g/mol. The van der Waals surface area contributed by atoms with Gasteiger partial charge in [-0.05, 0) is 48.0 Å². The quantitative estimate of drug-likeness (QED) is 0.326. The van der Waals surface area contributed by atoms with Crippen LogP contribution in [0.1, 0.15) is 22.2 Å². The SMILES string of the molecule is COc1cc(Cl)cc2cc(C(=O)C3=C(O)C(=O)N(c4ccc(F)c(Cl)c4)C3c3ccncc3)oc12. The van der Waals surface area contributed by atoms with Crippen LogP contribution in [0.3, 0.4) is 0 Å². The molecule has 3 heterocycles. The molecule has 0 radical (unpaired) electrons. The predicted octanol–water partition coefficient (Wildman–Crippen LogP) is 6.07. The topological polar surface area (TPSA) is 92.9 Å². The summed E-state index contributed by atoms with van der Waals surface area (Å²) in [5, 5.41) is 11.5. The number of aliphatic hydroxyl groups is 1. The molecule has 0 saturated carbocycles. The van der Waals surface area contributed by atoms with Crippen molar-refractivity contribution in [2.45, 2.75) is 6.04 Å². The Bertz CT molecular complexity index is 1530. The number of aliphatic hydroxyl groups excluding tert-OH is 1. The zero-order valence-corrected chi connectivity index (χ0v) is 19.5. The summed E-state index contributed by atoms with van der Waals surface area (Å²) in [6, 6.07) is 10.4. The Morgan fingerprint density at radius 2 is 1.89 bits per heavy atom. The molecule has 1 aliphatic rings. The second-order valence-electron chi connectivity index (χ2n) is 7.69. The van der Waals surface area contributed by atoms with E-state index in [2.05, 4.69) is 4.98 Å².